The summed E-state index contributed by atoms with van der Waals surface area (Å²) in [6.45, 7) is 2.82. The quantitative estimate of drug-likeness (QED) is 0.838. The van der Waals surface area contributed by atoms with E-state index >= 15 is 0 Å². The molecule has 8 heteroatoms. The second kappa shape index (κ2) is 7.61. The van der Waals surface area contributed by atoms with Crippen LogP contribution in [0.5, 0.6) is 0 Å². The number of fused-ring (bicyclic) bond motifs is 1. The molecule has 1 N–H and O–H groups in total. The monoisotopic (exact) mass is 413 g/mol. The van der Waals surface area contributed by atoms with Gasteiger partial charge in [-0.15, -0.1) is 0 Å². The number of hydrogen-bond donors (Lipinski definition) is 1. The van der Waals surface area contributed by atoms with E-state index in [4.69, 9.17) is 0 Å². The van der Waals surface area contributed by atoms with E-state index in [0.717, 1.165) is 12.8 Å². The highest BCUT2D eigenvalue weighted by Gasteiger charge is 2.32. The van der Waals surface area contributed by atoms with Gasteiger partial charge in [0.25, 0.3) is 5.91 Å². The molecule has 2 heterocycles. The van der Waals surface area contributed by atoms with Crippen molar-refractivity contribution in [2.75, 3.05) is 23.3 Å². The molecule has 4 rings (SSSR count). The molecule has 2 aromatic rings. The lowest BCUT2D eigenvalue weighted by Gasteiger charge is -2.28. The van der Waals surface area contributed by atoms with Crippen LogP contribution in [-0.2, 0) is 14.8 Å². The van der Waals surface area contributed by atoms with Crippen molar-refractivity contribution in [2.24, 2.45) is 0 Å². The van der Waals surface area contributed by atoms with Crippen LogP contribution in [0.3, 0.4) is 0 Å². The van der Waals surface area contributed by atoms with Gasteiger partial charge in [-0.2, -0.15) is 4.31 Å². The van der Waals surface area contributed by atoms with Crippen molar-refractivity contribution in [3.8, 4) is 0 Å². The van der Waals surface area contributed by atoms with Crippen LogP contribution in [-0.4, -0.2) is 43.7 Å². The molecular weight excluding hydrogens is 390 g/mol. The first-order chi connectivity index (χ1) is 13.9. The predicted octanol–water partition coefficient (Wildman–Crippen LogP) is 2.85. The topological polar surface area (TPSA) is 86.8 Å². The van der Waals surface area contributed by atoms with Crippen LogP contribution < -0.4 is 10.2 Å². The molecule has 2 aliphatic rings. The molecule has 0 aromatic heterocycles. The maximum absolute atomic E-state index is 13.4. The van der Waals surface area contributed by atoms with E-state index in [1.54, 1.807) is 41.3 Å². The number of nitrogens with zero attached hydrogens (tertiary/aromatic N) is 2. The Labute approximate surface area is 170 Å². The standard InChI is InChI=1S/C21H23N3O4S/c1-15-13-20(25)22-18-9-2-3-10-19(18)24(15)21(26)16-7-6-8-17(14-16)29(27,28)23-11-4-5-12-23/h2-3,6-10,14-15H,4-5,11-13H2,1H3,(H,22,25). The van der Waals surface area contributed by atoms with Crippen LogP contribution in [0.25, 0.3) is 0 Å². The van der Waals surface area contributed by atoms with Gasteiger partial charge in [0.1, 0.15) is 0 Å². The molecule has 1 atom stereocenters. The third-order valence-corrected chi connectivity index (χ3v) is 7.26. The summed E-state index contributed by atoms with van der Waals surface area (Å²) in [4.78, 5) is 27.3. The number of para-hydroxylation sites is 2. The van der Waals surface area contributed by atoms with Crippen LogP contribution in [0.1, 0.15) is 36.5 Å². The normalized spacial score (nSPS) is 20.1. The van der Waals surface area contributed by atoms with Crippen molar-refractivity contribution in [1.82, 2.24) is 4.31 Å². The predicted molar refractivity (Wildman–Crippen MR) is 110 cm³/mol. The zero-order chi connectivity index (χ0) is 20.6. The zero-order valence-corrected chi connectivity index (χ0v) is 17.0. The van der Waals surface area contributed by atoms with Crippen molar-refractivity contribution < 1.29 is 18.0 Å². The fraction of sp³-hybridized carbons (Fsp3) is 0.333. The van der Waals surface area contributed by atoms with E-state index in [0.29, 0.717) is 24.5 Å². The molecule has 2 aromatic carbocycles. The van der Waals surface area contributed by atoms with Gasteiger partial charge in [-0.3, -0.25) is 9.59 Å². The Morgan fingerprint density at radius 3 is 2.55 bits per heavy atom. The van der Waals surface area contributed by atoms with Gasteiger partial charge in [0.2, 0.25) is 15.9 Å². The number of benzene rings is 2. The van der Waals surface area contributed by atoms with Gasteiger partial charge < -0.3 is 10.2 Å². The van der Waals surface area contributed by atoms with E-state index in [1.165, 1.54) is 16.4 Å². The Hall–Kier alpha value is -2.71. The Kier molecular flexibility index (Phi) is 5.14. The Bertz CT molecular complexity index is 1060. The van der Waals surface area contributed by atoms with Crippen molar-refractivity contribution in [2.45, 2.75) is 37.1 Å². The third-order valence-electron chi connectivity index (χ3n) is 5.36. The third kappa shape index (κ3) is 3.65. The maximum atomic E-state index is 13.4. The van der Waals surface area contributed by atoms with Crippen LogP contribution >= 0.6 is 0 Å². The number of sulfonamides is 1. The zero-order valence-electron chi connectivity index (χ0n) is 16.2. The minimum absolute atomic E-state index is 0.121. The van der Waals surface area contributed by atoms with E-state index in [2.05, 4.69) is 5.32 Å². The fourth-order valence-electron chi connectivity index (χ4n) is 3.90. The molecule has 1 fully saturated rings. The summed E-state index contributed by atoms with van der Waals surface area (Å²) in [5.74, 6) is -0.495. The first-order valence-corrected chi connectivity index (χ1v) is 11.1. The summed E-state index contributed by atoms with van der Waals surface area (Å²) >= 11 is 0. The minimum atomic E-state index is -3.62. The molecular formula is C21H23N3O4S. The van der Waals surface area contributed by atoms with Crippen molar-refractivity contribution in [3.63, 3.8) is 0 Å². The second-order valence-electron chi connectivity index (χ2n) is 7.43. The molecule has 2 amide bonds. The SMILES string of the molecule is CC1CC(=O)Nc2ccccc2N1C(=O)c1cccc(S(=O)(=O)N2CCCC2)c1. The average Bonchev–Trinajstić information content (AvgIpc) is 3.21. The van der Waals surface area contributed by atoms with Gasteiger partial charge in [-0.1, -0.05) is 18.2 Å². The van der Waals surface area contributed by atoms with E-state index in [9.17, 15) is 18.0 Å². The molecule has 152 valence electrons. The Morgan fingerprint density at radius 2 is 1.79 bits per heavy atom. The number of hydrogen-bond acceptors (Lipinski definition) is 4. The molecule has 0 aliphatic carbocycles. The van der Waals surface area contributed by atoms with Crippen molar-refractivity contribution in [1.29, 1.82) is 0 Å². The van der Waals surface area contributed by atoms with Gasteiger partial charge in [-0.25, -0.2) is 8.42 Å². The summed E-state index contributed by atoms with van der Waals surface area (Å²) in [6, 6.07) is 12.9. The number of carbonyl (C=O) groups excluding carboxylic acids is 2. The summed E-state index contributed by atoms with van der Waals surface area (Å²) in [5, 5.41) is 2.83. The van der Waals surface area contributed by atoms with Crippen molar-refractivity contribution in [3.05, 3.63) is 54.1 Å². The molecule has 7 nitrogen and oxygen atoms in total. The number of nitrogens with one attached hydrogen (secondary N) is 1. The second-order valence-corrected chi connectivity index (χ2v) is 9.37. The summed E-state index contributed by atoms with van der Waals surface area (Å²) in [6.07, 6.45) is 1.86. The molecule has 0 radical (unpaired) electrons. The summed E-state index contributed by atoms with van der Waals surface area (Å²) in [5.41, 5.74) is 1.45. The highest BCUT2D eigenvalue weighted by atomic mass is 32.2. The molecule has 0 saturated carbocycles. The molecule has 0 bridgehead atoms. The number of amides is 2. The number of anilines is 2. The van der Waals surface area contributed by atoms with Crippen LogP contribution in [0.2, 0.25) is 0 Å². The summed E-state index contributed by atoms with van der Waals surface area (Å²) < 4.78 is 27.2. The highest BCUT2D eigenvalue weighted by molar-refractivity contribution is 7.89. The largest absolute Gasteiger partial charge is 0.324 e. The smallest absolute Gasteiger partial charge is 0.258 e. The highest BCUT2D eigenvalue weighted by Crippen LogP contribution is 2.33. The Balaban J connectivity index is 1.72. The van der Waals surface area contributed by atoms with Gasteiger partial charge in [0.15, 0.2) is 0 Å². The number of carbonyl (C=O) groups is 2. The maximum Gasteiger partial charge on any atom is 0.258 e. The van der Waals surface area contributed by atoms with Gasteiger partial charge >= 0.3 is 0 Å². The fourth-order valence-corrected chi connectivity index (χ4v) is 5.47. The van der Waals surface area contributed by atoms with Crippen LogP contribution in [0, 0.1) is 0 Å². The minimum Gasteiger partial charge on any atom is -0.324 e. The first kappa shape index (κ1) is 19.6. The summed E-state index contributed by atoms with van der Waals surface area (Å²) in [7, 11) is -3.62. The van der Waals surface area contributed by atoms with Gasteiger partial charge in [-0.05, 0) is 50.1 Å². The van der Waals surface area contributed by atoms with E-state index < -0.39 is 10.0 Å². The molecule has 2 aliphatic heterocycles. The lowest BCUT2D eigenvalue weighted by molar-refractivity contribution is -0.116. The first-order valence-electron chi connectivity index (χ1n) is 9.70. The molecule has 29 heavy (non-hydrogen) atoms. The number of rotatable bonds is 3. The Morgan fingerprint density at radius 1 is 1.07 bits per heavy atom. The molecule has 0 spiro atoms. The van der Waals surface area contributed by atoms with Crippen LogP contribution in [0.4, 0.5) is 11.4 Å². The van der Waals surface area contributed by atoms with Crippen molar-refractivity contribution >= 4 is 33.2 Å². The molecule has 1 saturated heterocycles. The lowest BCUT2D eigenvalue weighted by atomic mass is 10.1. The molecule has 1 unspecified atom stereocenters. The van der Waals surface area contributed by atoms with E-state index in [-0.39, 0.29) is 34.7 Å². The van der Waals surface area contributed by atoms with Gasteiger partial charge in [0, 0.05) is 31.1 Å². The lowest BCUT2D eigenvalue weighted by Crippen LogP contribution is -2.39. The van der Waals surface area contributed by atoms with E-state index in [1.807, 2.05) is 6.92 Å². The average molecular weight is 413 g/mol. The van der Waals surface area contributed by atoms with Crippen LogP contribution in [0.15, 0.2) is 53.4 Å². The van der Waals surface area contributed by atoms with Gasteiger partial charge in [0.05, 0.1) is 16.3 Å².